The third-order valence-electron chi connectivity index (χ3n) is 5.34. The second-order valence-electron chi connectivity index (χ2n) is 7.57. The molecule has 0 N–H and O–H groups in total. The summed E-state index contributed by atoms with van der Waals surface area (Å²) >= 11 is 3.57. The highest BCUT2D eigenvalue weighted by atomic mass is 79.9. The second-order valence-corrected chi connectivity index (χ2v) is 10.5. The lowest BCUT2D eigenvalue weighted by molar-refractivity contribution is 0.219. The molecule has 1 aliphatic rings. The van der Waals surface area contributed by atoms with E-state index in [-0.39, 0.29) is 0 Å². The van der Waals surface area contributed by atoms with Crippen LogP contribution >= 0.6 is 23.5 Å². The van der Waals surface area contributed by atoms with E-state index in [2.05, 4.69) is 64.5 Å². The zero-order valence-electron chi connectivity index (χ0n) is 17.8. The molecule has 0 atom stereocenters. The van der Waals surface area contributed by atoms with E-state index in [4.69, 9.17) is 9.05 Å². The molecule has 0 saturated carbocycles. The minimum Gasteiger partial charge on any atom is -0.309 e. The summed E-state index contributed by atoms with van der Waals surface area (Å²) in [4.78, 5) is 0. The molecule has 0 heterocycles. The van der Waals surface area contributed by atoms with Crippen LogP contribution in [0.1, 0.15) is 41.7 Å². The SMILES string of the molecule is CCOP(=O)(Cc1ccc(/C=C/c2ccc3c(c2)Cc2cc(Br)ccc2-3)cc1)OCC. The number of rotatable bonds is 8. The molecule has 3 aromatic rings. The number of benzene rings is 3. The first-order valence-corrected chi connectivity index (χ1v) is 13.1. The van der Waals surface area contributed by atoms with Crippen molar-refractivity contribution in [3.05, 3.63) is 93.0 Å². The monoisotopic (exact) mass is 496 g/mol. The van der Waals surface area contributed by atoms with Crippen molar-refractivity contribution in [2.24, 2.45) is 0 Å². The summed E-state index contributed by atoms with van der Waals surface area (Å²) in [5.41, 5.74) is 8.64. The van der Waals surface area contributed by atoms with E-state index in [0.29, 0.717) is 19.4 Å². The summed E-state index contributed by atoms with van der Waals surface area (Å²) in [5, 5.41) is 0. The van der Waals surface area contributed by atoms with Crippen molar-refractivity contribution in [1.82, 2.24) is 0 Å². The van der Waals surface area contributed by atoms with Gasteiger partial charge in [-0.3, -0.25) is 4.57 Å². The summed E-state index contributed by atoms with van der Waals surface area (Å²) < 4.78 is 24.6. The summed E-state index contributed by atoms with van der Waals surface area (Å²) in [6, 6.07) is 21.2. The Kier molecular flexibility index (Phi) is 6.93. The van der Waals surface area contributed by atoms with Gasteiger partial charge in [0.1, 0.15) is 0 Å². The van der Waals surface area contributed by atoms with Crippen LogP contribution in [0.4, 0.5) is 0 Å². The van der Waals surface area contributed by atoms with Crippen molar-refractivity contribution in [3.8, 4) is 11.1 Å². The fourth-order valence-corrected chi connectivity index (χ4v) is 6.09. The highest BCUT2D eigenvalue weighted by Gasteiger charge is 2.23. The maximum atomic E-state index is 12.7. The van der Waals surface area contributed by atoms with E-state index < -0.39 is 7.60 Å². The maximum Gasteiger partial charge on any atom is 0.335 e. The van der Waals surface area contributed by atoms with Crippen molar-refractivity contribution in [3.63, 3.8) is 0 Å². The van der Waals surface area contributed by atoms with E-state index in [9.17, 15) is 4.57 Å². The average Bonchev–Trinajstić information content (AvgIpc) is 3.10. The fraction of sp³-hybridized carbons (Fsp3) is 0.231. The number of halogens is 1. The van der Waals surface area contributed by atoms with Crippen molar-refractivity contribution >= 4 is 35.7 Å². The van der Waals surface area contributed by atoms with Gasteiger partial charge in [0.25, 0.3) is 0 Å². The van der Waals surface area contributed by atoms with Crippen LogP contribution in [0.15, 0.2) is 65.1 Å². The zero-order chi connectivity index (χ0) is 21.8. The topological polar surface area (TPSA) is 35.5 Å². The molecule has 0 radical (unpaired) electrons. The Balaban J connectivity index is 1.46. The van der Waals surface area contributed by atoms with Crippen LogP contribution in [-0.2, 0) is 26.2 Å². The van der Waals surface area contributed by atoms with Gasteiger partial charge in [0, 0.05) is 4.47 Å². The first-order valence-electron chi connectivity index (χ1n) is 10.6. The second kappa shape index (κ2) is 9.67. The predicted octanol–water partition coefficient (Wildman–Crippen LogP) is 7.96. The lowest BCUT2D eigenvalue weighted by atomic mass is 10.0. The summed E-state index contributed by atoms with van der Waals surface area (Å²) in [5.74, 6) is 0. The summed E-state index contributed by atoms with van der Waals surface area (Å²) in [6.07, 6.45) is 5.51. The molecule has 5 heteroatoms. The van der Waals surface area contributed by atoms with Gasteiger partial charge in [-0.1, -0.05) is 76.6 Å². The van der Waals surface area contributed by atoms with Gasteiger partial charge in [-0.25, -0.2) is 0 Å². The van der Waals surface area contributed by atoms with Gasteiger partial charge < -0.3 is 9.05 Å². The highest BCUT2D eigenvalue weighted by Crippen LogP contribution is 2.51. The van der Waals surface area contributed by atoms with Gasteiger partial charge in [-0.05, 0) is 71.3 Å². The van der Waals surface area contributed by atoms with Crippen LogP contribution in [-0.4, -0.2) is 13.2 Å². The minimum absolute atomic E-state index is 0.292. The van der Waals surface area contributed by atoms with Gasteiger partial charge >= 0.3 is 7.60 Å². The average molecular weight is 497 g/mol. The Morgan fingerprint density at radius 2 is 1.42 bits per heavy atom. The summed E-state index contributed by atoms with van der Waals surface area (Å²) in [6.45, 7) is 4.41. The van der Waals surface area contributed by atoms with Crippen LogP contribution in [0.5, 0.6) is 0 Å². The van der Waals surface area contributed by atoms with Crippen LogP contribution in [0.2, 0.25) is 0 Å². The van der Waals surface area contributed by atoms with E-state index in [1.165, 1.54) is 27.8 Å². The normalized spacial score (nSPS) is 12.9. The minimum atomic E-state index is -3.08. The maximum absolute atomic E-state index is 12.7. The number of hydrogen-bond donors (Lipinski definition) is 0. The smallest absolute Gasteiger partial charge is 0.309 e. The lowest BCUT2D eigenvalue weighted by Gasteiger charge is -2.16. The predicted molar refractivity (Wildman–Crippen MR) is 132 cm³/mol. The van der Waals surface area contributed by atoms with Gasteiger partial charge in [0.2, 0.25) is 0 Å². The Hall–Kier alpha value is -1.97. The third kappa shape index (κ3) is 5.27. The molecule has 0 spiro atoms. The van der Waals surface area contributed by atoms with Crippen molar-refractivity contribution < 1.29 is 13.6 Å². The van der Waals surface area contributed by atoms with Crippen molar-refractivity contribution in [2.45, 2.75) is 26.4 Å². The largest absolute Gasteiger partial charge is 0.335 e. The fourth-order valence-electron chi connectivity index (χ4n) is 3.97. The van der Waals surface area contributed by atoms with E-state index >= 15 is 0 Å². The Morgan fingerprint density at radius 3 is 2.10 bits per heavy atom. The number of hydrogen-bond acceptors (Lipinski definition) is 3. The van der Waals surface area contributed by atoms with Crippen LogP contribution < -0.4 is 0 Å². The molecule has 31 heavy (non-hydrogen) atoms. The summed E-state index contributed by atoms with van der Waals surface area (Å²) in [7, 11) is -3.08. The molecule has 3 nitrogen and oxygen atoms in total. The van der Waals surface area contributed by atoms with Crippen LogP contribution in [0, 0.1) is 0 Å². The van der Waals surface area contributed by atoms with E-state index in [0.717, 1.165) is 22.0 Å². The Bertz CT molecular complexity index is 1140. The van der Waals surface area contributed by atoms with Crippen molar-refractivity contribution in [2.75, 3.05) is 13.2 Å². The molecule has 0 aromatic heterocycles. The van der Waals surface area contributed by atoms with E-state index in [1.54, 1.807) is 0 Å². The van der Waals surface area contributed by atoms with Crippen molar-refractivity contribution in [1.29, 1.82) is 0 Å². The Morgan fingerprint density at radius 1 is 0.839 bits per heavy atom. The molecule has 1 aliphatic carbocycles. The quantitative estimate of drug-likeness (QED) is 0.183. The molecule has 0 amide bonds. The molecule has 4 rings (SSSR count). The first kappa shape index (κ1) is 22.2. The standard InChI is InChI=1S/C26H26BrO3P/c1-3-29-31(28,30-4-2)18-21-9-6-19(7-10-21)5-8-20-11-13-25-22(15-20)16-23-17-24(27)12-14-26(23)25/h5-15,17H,3-4,16,18H2,1-2H3/b8-5+. The highest BCUT2D eigenvalue weighted by molar-refractivity contribution is 9.10. The molecular formula is C26H26BrO3P. The molecule has 3 aromatic carbocycles. The molecular weight excluding hydrogens is 471 g/mol. The number of fused-ring (bicyclic) bond motifs is 3. The first-order chi connectivity index (χ1) is 15.0. The Labute approximate surface area is 192 Å². The lowest BCUT2D eigenvalue weighted by Crippen LogP contribution is -1.99. The third-order valence-corrected chi connectivity index (χ3v) is 7.89. The molecule has 160 valence electrons. The molecule has 0 unspecified atom stereocenters. The molecule has 0 aliphatic heterocycles. The van der Waals surface area contributed by atoms with Gasteiger partial charge in [-0.2, -0.15) is 0 Å². The zero-order valence-corrected chi connectivity index (χ0v) is 20.3. The van der Waals surface area contributed by atoms with Gasteiger partial charge in [0.15, 0.2) is 0 Å². The molecule has 0 saturated heterocycles. The molecule has 0 bridgehead atoms. The van der Waals surface area contributed by atoms with Crippen LogP contribution in [0.25, 0.3) is 23.3 Å². The molecule has 0 fully saturated rings. The van der Waals surface area contributed by atoms with Gasteiger partial charge in [-0.15, -0.1) is 0 Å². The van der Waals surface area contributed by atoms with Gasteiger partial charge in [0.05, 0.1) is 19.4 Å². The van der Waals surface area contributed by atoms with E-state index in [1.807, 2.05) is 38.1 Å². The van der Waals surface area contributed by atoms with Crippen LogP contribution in [0.3, 0.4) is 0 Å².